The number of hydrogen-bond acceptors (Lipinski definition) is 4. The van der Waals surface area contributed by atoms with E-state index in [1.165, 1.54) is 12.3 Å². The summed E-state index contributed by atoms with van der Waals surface area (Å²) in [7, 11) is 0. The molecule has 0 aliphatic carbocycles. The Bertz CT molecular complexity index is 377. The van der Waals surface area contributed by atoms with Crippen molar-refractivity contribution in [3.05, 3.63) is 41.7 Å². The normalized spacial score (nSPS) is 17.5. The summed E-state index contributed by atoms with van der Waals surface area (Å²) in [5.41, 5.74) is 4.40. The zero-order chi connectivity index (χ0) is 11.4. The van der Waals surface area contributed by atoms with Gasteiger partial charge >= 0.3 is 0 Å². The number of aromatic nitrogens is 1. The zero-order valence-electron chi connectivity index (χ0n) is 8.82. The van der Waals surface area contributed by atoms with Gasteiger partial charge < -0.3 is 4.74 Å². The van der Waals surface area contributed by atoms with Crippen LogP contribution in [-0.2, 0) is 4.74 Å². The number of rotatable bonds is 3. The Hall–Kier alpha value is -1.46. The fraction of sp³-hybridized carbons (Fsp3) is 0.364. The predicted molar refractivity (Wildman–Crippen MR) is 57.5 cm³/mol. The maximum absolute atomic E-state index is 12.7. The number of ether oxygens (including phenoxy) is 1. The summed E-state index contributed by atoms with van der Waals surface area (Å²) in [6.45, 7) is 0.734. The smallest absolute Gasteiger partial charge is 0.141 e. The molecule has 16 heavy (non-hydrogen) atoms. The van der Waals surface area contributed by atoms with E-state index in [1.807, 2.05) is 0 Å². The van der Waals surface area contributed by atoms with E-state index in [0.717, 1.165) is 25.0 Å². The Kier molecular flexibility index (Phi) is 3.48. The summed E-state index contributed by atoms with van der Waals surface area (Å²) in [5.74, 6) is 5.14. The first-order valence-electron chi connectivity index (χ1n) is 5.19. The van der Waals surface area contributed by atoms with Crippen LogP contribution in [0, 0.1) is 5.82 Å². The standard InChI is InChI=1S/C11H14FN3O/c12-9-3-4-10(14-6-9)11(15-13)8-2-1-5-16-7-8/h3-4,6-7,11,15H,1-2,5,13H2. The van der Waals surface area contributed by atoms with Crippen LogP contribution in [0.2, 0.25) is 0 Å². The Morgan fingerprint density at radius 1 is 1.50 bits per heavy atom. The largest absolute Gasteiger partial charge is 0.501 e. The molecule has 0 amide bonds. The van der Waals surface area contributed by atoms with Crippen LogP contribution in [0.1, 0.15) is 24.6 Å². The van der Waals surface area contributed by atoms with Crippen molar-refractivity contribution in [2.45, 2.75) is 18.9 Å². The van der Waals surface area contributed by atoms with Gasteiger partial charge in [-0.25, -0.2) is 9.82 Å². The molecule has 0 spiro atoms. The van der Waals surface area contributed by atoms with Crippen LogP contribution in [0.4, 0.5) is 4.39 Å². The van der Waals surface area contributed by atoms with E-state index in [0.29, 0.717) is 5.69 Å². The third kappa shape index (κ3) is 2.37. The molecule has 1 aromatic heterocycles. The van der Waals surface area contributed by atoms with Crippen molar-refractivity contribution >= 4 is 0 Å². The fourth-order valence-electron chi connectivity index (χ4n) is 1.74. The molecule has 1 aliphatic rings. The van der Waals surface area contributed by atoms with Gasteiger partial charge in [-0.15, -0.1) is 0 Å². The van der Waals surface area contributed by atoms with Crippen LogP contribution in [0.25, 0.3) is 0 Å². The van der Waals surface area contributed by atoms with Crippen molar-refractivity contribution < 1.29 is 9.13 Å². The Labute approximate surface area is 93.3 Å². The van der Waals surface area contributed by atoms with Crippen molar-refractivity contribution in [3.63, 3.8) is 0 Å². The zero-order valence-corrected chi connectivity index (χ0v) is 8.82. The molecule has 3 N–H and O–H groups in total. The maximum atomic E-state index is 12.7. The first-order valence-corrected chi connectivity index (χ1v) is 5.19. The van der Waals surface area contributed by atoms with E-state index < -0.39 is 0 Å². The molecule has 2 heterocycles. The summed E-state index contributed by atoms with van der Waals surface area (Å²) < 4.78 is 18.0. The molecule has 1 atom stereocenters. The summed E-state index contributed by atoms with van der Waals surface area (Å²) in [4.78, 5) is 4.01. The lowest BCUT2D eigenvalue weighted by Crippen LogP contribution is -2.31. The minimum Gasteiger partial charge on any atom is -0.501 e. The molecule has 1 unspecified atom stereocenters. The first kappa shape index (κ1) is 11.0. The van der Waals surface area contributed by atoms with Crippen LogP contribution in [0.15, 0.2) is 30.2 Å². The number of nitrogens with zero attached hydrogens (tertiary/aromatic N) is 1. The molecule has 86 valence electrons. The van der Waals surface area contributed by atoms with Crippen LogP contribution in [0.3, 0.4) is 0 Å². The predicted octanol–water partition coefficient (Wildman–Crippen LogP) is 1.42. The van der Waals surface area contributed by atoms with Crippen molar-refractivity contribution in [2.24, 2.45) is 5.84 Å². The maximum Gasteiger partial charge on any atom is 0.141 e. The number of nitrogens with two attached hydrogens (primary N) is 1. The summed E-state index contributed by atoms with van der Waals surface area (Å²) in [5, 5.41) is 0. The molecular weight excluding hydrogens is 209 g/mol. The van der Waals surface area contributed by atoms with E-state index in [-0.39, 0.29) is 11.9 Å². The Morgan fingerprint density at radius 3 is 2.94 bits per heavy atom. The molecule has 0 aromatic carbocycles. The van der Waals surface area contributed by atoms with Crippen molar-refractivity contribution in [2.75, 3.05) is 6.61 Å². The highest BCUT2D eigenvalue weighted by Crippen LogP contribution is 2.25. The minimum atomic E-state index is -0.353. The number of halogens is 1. The molecule has 5 heteroatoms. The highest BCUT2D eigenvalue weighted by atomic mass is 19.1. The average molecular weight is 223 g/mol. The van der Waals surface area contributed by atoms with Crippen LogP contribution in [0.5, 0.6) is 0 Å². The Morgan fingerprint density at radius 2 is 2.38 bits per heavy atom. The van der Waals surface area contributed by atoms with Gasteiger partial charge in [-0.3, -0.25) is 10.8 Å². The third-order valence-electron chi connectivity index (χ3n) is 2.55. The number of hydrogen-bond donors (Lipinski definition) is 2. The monoisotopic (exact) mass is 223 g/mol. The molecule has 0 bridgehead atoms. The molecule has 4 nitrogen and oxygen atoms in total. The summed E-state index contributed by atoms with van der Waals surface area (Å²) in [6.07, 6.45) is 4.77. The quantitative estimate of drug-likeness (QED) is 0.601. The van der Waals surface area contributed by atoms with Crippen molar-refractivity contribution in [1.82, 2.24) is 10.4 Å². The lowest BCUT2D eigenvalue weighted by molar-refractivity contribution is 0.219. The van der Waals surface area contributed by atoms with Gasteiger partial charge in [0.2, 0.25) is 0 Å². The summed E-state index contributed by atoms with van der Waals surface area (Å²) in [6, 6.07) is 2.78. The van der Waals surface area contributed by atoms with Crippen molar-refractivity contribution in [3.8, 4) is 0 Å². The molecule has 1 aromatic rings. The van der Waals surface area contributed by atoms with Gasteiger partial charge in [0.1, 0.15) is 5.82 Å². The number of hydrazine groups is 1. The van der Waals surface area contributed by atoms with Crippen LogP contribution < -0.4 is 11.3 Å². The van der Waals surface area contributed by atoms with Gasteiger partial charge in [-0.05, 0) is 30.5 Å². The van der Waals surface area contributed by atoms with E-state index in [2.05, 4.69) is 10.4 Å². The van der Waals surface area contributed by atoms with E-state index in [4.69, 9.17) is 10.6 Å². The van der Waals surface area contributed by atoms with Gasteiger partial charge in [0.05, 0.1) is 30.8 Å². The van der Waals surface area contributed by atoms with Crippen LogP contribution in [-0.4, -0.2) is 11.6 Å². The van der Waals surface area contributed by atoms with Gasteiger partial charge in [0, 0.05) is 0 Å². The lowest BCUT2D eigenvalue weighted by Gasteiger charge is -2.21. The van der Waals surface area contributed by atoms with Gasteiger partial charge in [0.25, 0.3) is 0 Å². The number of nitrogens with one attached hydrogen (secondary N) is 1. The van der Waals surface area contributed by atoms with Gasteiger partial charge in [0.15, 0.2) is 0 Å². The SMILES string of the molecule is NNC(C1=COCCC1)c1ccc(F)cn1. The fourth-order valence-corrected chi connectivity index (χ4v) is 1.74. The van der Waals surface area contributed by atoms with Gasteiger partial charge in [-0.2, -0.15) is 0 Å². The molecule has 1 aliphatic heterocycles. The third-order valence-corrected chi connectivity index (χ3v) is 2.55. The average Bonchev–Trinajstić information content (AvgIpc) is 2.34. The second-order valence-corrected chi connectivity index (χ2v) is 3.67. The topological polar surface area (TPSA) is 60.2 Å². The minimum absolute atomic E-state index is 0.208. The molecule has 0 fully saturated rings. The molecule has 0 radical (unpaired) electrons. The van der Waals surface area contributed by atoms with Crippen LogP contribution >= 0.6 is 0 Å². The molecule has 2 rings (SSSR count). The molecule has 0 saturated heterocycles. The van der Waals surface area contributed by atoms with E-state index in [1.54, 1.807) is 12.3 Å². The highest BCUT2D eigenvalue weighted by Gasteiger charge is 2.18. The number of pyridine rings is 1. The van der Waals surface area contributed by atoms with E-state index in [9.17, 15) is 4.39 Å². The lowest BCUT2D eigenvalue weighted by atomic mass is 9.99. The van der Waals surface area contributed by atoms with Crippen molar-refractivity contribution in [1.29, 1.82) is 0 Å². The summed E-state index contributed by atoms with van der Waals surface area (Å²) >= 11 is 0. The second kappa shape index (κ2) is 5.05. The van der Waals surface area contributed by atoms with Gasteiger partial charge in [-0.1, -0.05) is 0 Å². The first-order chi connectivity index (χ1) is 7.81. The molecule has 0 saturated carbocycles. The molecular formula is C11H14FN3O. The van der Waals surface area contributed by atoms with E-state index >= 15 is 0 Å². The Balaban J connectivity index is 2.21. The highest BCUT2D eigenvalue weighted by molar-refractivity contribution is 5.22. The second-order valence-electron chi connectivity index (χ2n) is 3.67.